The summed E-state index contributed by atoms with van der Waals surface area (Å²) in [4.78, 5) is 0.754. The topological polar surface area (TPSA) is 34.1 Å². The average molecular weight is 274 g/mol. The van der Waals surface area contributed by atoms with Crippen LogP contribution in [-0.2, 0) is 9.84 Å². The Balaban J connectivity index is 2.64. The summed E-state index contributed by atoms with van der Waals surface area (Å²) in [5, 5.41) is 0. The standard InChI is InChI=1S/C16H18O2S/c1-11-5-8-15(9-6-11)19(17,18)16-10-7-12(2)13(3)14(16)4/h5-10H,1-4H3. The van der Waals surface area contributed by atoms with Crippen LogP contribution < -0.4 is 0 Å². The summed E-state index contributed by atoms with van der Waals surface area (Å²) in [6.45, 7) is 7.75. The van der Waals surface area contributed by atoms with Gasteiger partial charge in [-0.2, -0.15) is 0 Å². The summed E-state index contributed by atoms with van der Waals surface area (Å²) in [6, 6.07) is 10.5. The van der Waals surface area contributed by atoms with Crippen LogP contribution in [0.25, 0.3) is 0 Å². The van der Waals surface area contributed by atoms with E-state index in [-0.39, 0.29) is 0 Å². The molecule has 0 heterocycles. The van der Waals surface area contributed by atoms with Crippen molar-refractivity contribution < 1.29 is 8.42 Å². The van der Waals surface area contributed by atoms with E-state index in [1.165, 1.54) is 0 Å². The molecular weight excluding hydrogens is 256 g/mol. The molecule has 2 rings (SSSR count). The van der Waals surface area contributed by atoms with Gasteiger partial charge in [0.25, 0.3) is 0 Å². The zero-order valence-corrected chi connectivity index (χ0v) is 12.5. The third-order valence-corrected chi connectivity index (χ3v) is 5.54. The van der Waals surface area contributed by atoms with Gasteiger partial charge < -0.3 is 0 Å². The lowest BCUT2D eigenvalue weighted by molar-refractivity contribution is 0.595. The second-order valence-corrected chi connectivity index (χ2v) is 6.87. The van der Waals surface area contributed by atoms with Gasteiger partial charge >= 0.3 is 0 Å². The van der Waals surface area contributed by atoms with Crippen LogP contribution in [0.4, 0.5) is 0 Å². The minimum absolute atomic E-state index is 0.351. The van der Waals surface area contributed by atoms with Crippen LogP contribution in [0.5, 0.6) is 0 Å². The molecule has 0 aliphatic rings. The van der Waals surface area contributed by atoms with Gasteiger partial charge in [-0.1, -0.05) is 23.8 Å². The van der Waals surface area contributed by atoms with E-state index in [1.807, 2.05) is 45.9 Å². The van der Waals surface area contributed by atoms with Gasteiger partial charge in [0, 0.05) is 0 Å². The van der Waals surface area contributed by atoms with Crippen LogP contribution in [0.3, 0.4) is 0 Å². The molecule has 0 aliphatic heterocycles. The fraction of sp³-hybridized carbons (Fsp3) is 0.250. The highest BCUT2D eigenvalue weighted by Crippen LogP contribution is 2.27. The molecule has 0 atom stereocenters. The second-order valence-electron chi connectivity index (χ2n) is 4.95. The second kappa shape index (κ2) is 4.82. The highest BCUT2D eigenvalue weighted by Gasteiger charge is 2.20. The normalized spacial score (nSPS) is 11.6. The lowest BCUT2D eigenvalue weighted by atomic mass is 10.1. The van der Waals surface area contributed by atoms with E-state index in [1.54, 1.807) is 18.2 Å². The molecule has 2 aromatic carbocycles. The predicted molar refractivity (Wildman–Crippen MR) is 77.3 cm³/mol. The number of sulfone groups is 1. The molecular formula is C16H18O2S. The first kappa shape index (κ1) is 13.8. The van der Waals surface area contributed by atoms with Crippen molar-refractivity contribution in [3.63, 3.8) is 0 Å². The van der Waals surface area contributed by atoms with Crippen molar-refractivity contribution in [2.45, 2.75) is 37.5 Å². The van der Waals surface area contributed by atoms with Gasteiger partial charge in [-0.05, 0) is 62.6 Å². The molecule has 2 aromatic rings. The van der Waals surface area contributed by atoms with Gasteiger partial charge in [0.05, 0.1) is 9.79 Å². The van der Waals surface area contributed by atoms with Crippen LogP contribution in [0.2, 0.25) is 0 Å². The van der Waals surface area contributed by atoms with Crippen molar-refractivity contribution in [3.05, 3.63) is 58.7 Å². The van der Waals surface area contributed by atoms with Crippen LogP contribution >= 0.6 is 0 Å². The quantitative estimate of drug-likeness (QED) is 0.835. The molecule has 0 spiro atoms. The Morgan fingerprint density at radius 2 is 1.32 bits per heavy atom. The SMILES string of the molecule is Cc1ccc(S(=O)(=O)c2ccc(C)c(C)c2C)cc1. The van der Waals surface area contributed by atoms with E-state index in [2.05, 4.69) is 0 Å². The van der Waals surface area contributed by atoms with Gasteiger partial charge in [0.15, 0.2) is 0 Å². The molecule has 0 amide bonds. The lowest BCUT2D eigenvalue weighted by Gasteiger charge is -2.12. The molecule has 2 nitrogen and oxygen atoms in total. The smallest absolute Gasteiger partial charge is 0.206 e. The fourth-order valence-electron chi connectivity index (χ4n) is 2.07. The van der Waals surface area contributed by atoms with Crippen molar-refractivity contribution >= 4 is 9.84 Å². The molecule has 0 fully saturated rings. The average Bonchev–Trinajstić information content (AvgIpc) is 2.36. The summed E-state index contributed by atoms with van der Waals surface area (Å²) >= 11 is 0. The Kier molecular flexibility index (Phi) is 3.50. The highest BCUT2D eigenvalue weighted by molar-refractivity contribution is 7.91. The molecule has 0 N–H and O–H groups in total. The van der Waals surface area contributed by atoms with Crippen LogP contribution in [0, 0.1) is 27.7 Å². The van der Waals surface area contributed by atoms with Gasteiger partial charge in [-0.15, -0.1) is 0 Å². The fourth-order valence-corrected chi connectivity index (χ4v) is 3.62. The molecule has 3 heteroatoms. The molecule has 0 bridgehead atoms. The van der Waals surface area contributed by atoms with Crippen molar-refractivity contribution in [3.8, 4) is 0 Å². The third kappa shape index (κ3) is 2.43. The lowest BCUT2D eigenvalue weighted by Crippen LogP contribution is -2.06. The van der Waals surface area contributed by atoms with Crippen molar-refractivity contribution in [1.82, 2.24) is 0 Å². The first-order chi connectivity index (χ1) is 8.84. The largest absolute Gasteiger partial charge is 0.219 e. The molecule has 0 saturated heterocycles. The highest BCUT2D eigenvalue weighted by atomic mass is 32.2. The van der Waals surface area contributed by atoms with Gasteiger partial charge in [0.1, 0.15) is 0 Å². The maximum atomic E-state index is 12.6. The Hall–Kier alpha value is -1.61. The summed E-state index contributed by atoms with van der Waals surface area (Å²) in [5.41, 5.74) is 4.03. The van der Waals surface area contributed by atoms with Crippen molar-refractivity contribution in [2.24, 2.45) is 0 Å². The monoisotopic (exact) mass is 274 g/mol. The summed E-state index contributed by atoms with van der Waals surface area (Å²) in [5.74, 6) is 0. The molecule has 0 aromatic heterocycles. The summed E-state index contributed by atoms with van der Waals surface area (Å²) in [7, 11) is -3.43. The van der Waals surface area contributed by atoms with E-state index in [0.29, 0.717) is 9.79 Å². The third-order valence-electron chi connectivity index (χ3n) is 3.63. The summed E-state index contributed by atoms with van der Waals surface area (Å²) < 4.78 is 25.3. The number of rotatable bonds is 2. The van der Waals surface area contributed by atoms with Crippen molar-refractivity contribution in [1.29, 1.82) is 0 Å². The molecule has 0 radical (unpaired) electrons. The number of aryl methyl sites for hydroxylation is 2. The molecule has 19 heavy (non-hydrogen) atoms. The zero-order valence-electron chi connectivity index (χ0n) is 11.7. The molecule has 0 aliphatic carbocycles. The maximum Gasteiger partial charge on any atom is 0.206 e. The zero-order chi connectivity index (χ0) is 14.2. The predicted octanol–water partition coefficient (Wildman–Crippen LogP) is 3.75. The Bertz CT molecular complexity index is 711. The van der Waals surface area contributed by atoms with Gasteiger partial charge in [-0.25, -0.2) is 8.42 Å². The minimum atomic E-state index is -3.43. The number of benzene rings is 2. The van der Waals surface area contributed by atoms with Crippen LogP contribution in [0.1, 0.15) is 22.3 Å². The van der Waals surface area contributed by atoms with E-state index < -0.39 is 9.84 Å². The summed E-state index contributed by atoms with van der Waals surface area (Å²) in [6.07, 6.45) is 0. The minimum Gasteiger partial charge on any atom is -0.219 e. The molecule has 0 saturated carbocycles. The van der Waals surface area contributed by atoms with E-state index in [4.69, 9.17) is 0 Å². The first-order valence-corrected chi connectivity index (χ1v) is 7.71. The van der Waals surface area contributed by atoms with E-state index in [0.717, 1.165) is 22.3 Å². The number of hydrogen-bond donors (Lipinski definition) is 0. The Morgan fingerprint density at radius 3 is 1.89 bits per heavy atom. The van der Waals surface area contributed by atoms with E-state index >= 15 is 0 Å². The Labute approximate surface area is 115 Å². The van der Waals surface area contributed by atoms with Crippen molar-refractivity contribution in [2.75, 3.05) is 0 Å². The maximum absolute atomic E-state index is 12.6. The molecule has 100 valence electrons. The van der Waals surface area contributed by atoms with Crippen LogP contribution in [0.15, 0.2) is 46.2 Å². The number of hydrogen-bond acceptors (Lipinski definition) is 2. The van der Waals surface area contributed by atoms with Gasteiger partial charge in [-0.3, -0.25) is 0 Å². The van der Waals surface area contributed by atoms with Gasteiger partial charge in [0.2, 0.25) is 9.84 Å². The molecule has 0 unspecified atom stereocenters. The van der Waals surface area contributed by atoms with E-state index in [9.17, 15) is 8.42 Å². The van der Waals surface area contributed by atoms with Crippen LogP contribution in [-0.4, -0.2) is 8.42 Å². The first-order valence-electron chi connectivity index (χ1n) is 6.22. The Morgan fingerprint density at radius 1 is 0.737 bits per heavy atom.